The van der Waals surface area contributed by atoms with E-state index >= 15 is 0 Å². The van der Waals surface area contributed by atoms with Crippen LogP contribution in [0.5, 0.6) is 0 Å². The fourth-order valence-electron chi connectivity index (χ4n) is 4.18. The number of carbonyl (C=O) groups is 1. The number of sulfonamides is 1. The fraction of sp³-hybridized carbons (Fsp3) is 0.476. The molecule has 3 heterocycles. The molecule has 0 aliphatic carbocycles. The topological polar surface area (TPSA) is 69.7 Å². The van der Waals surface area contributed by atoms with Crippen molar-refractivity contribution in [1.29, 1.82) is 0 Å². The molecular weight excluding hydrogens is 406 g/mol. The number of nitrogens with one attached hydrogen (secondary N) is 1. The van der Waals surface area contributed by atoms with Crippen LogP contribution < -0.4 is 9.62 Å². The molecule has 0 radical (unpaired) electrons. The number of thiophene rings is 1. The van der Waals surface area contributed by atoms with Gasteiger partial charge in [-0.3, -0.25) is 4.79 Å². The van der Waals surface area contributed by atoms with Crippen LogP contribution in [0.1, 0.15) is 37.1 Å². The van der Waals surface area contributed by atoms with Gasteiger partial charge in [0, 0.05) is 42.2 Å². The van der Waals surface area contributed by atoms with Crippen molar-refractivity contribution in [2.45, 2.75) is 43.5 Å². The molecule has 8 heteroatoms. The standard InChI is InChI=1S/C21H27N3O3S2/c1-21(2)15-24(14-20(25)23-9-3-4-10-23)19-8-7-17(12-18(19)21)29(26,27)22-13-16-6-5-11-28-16/h5-8,11-12,22H,3-4,9-10,13-15H2,1-2H3. The monoisotopic (exact) mass is 433 g/mol. The molecule has 156 valence electrons. The van der Waals surface area contributed by atoms with Gasteiger partial charge in [0.25, 0.3) is 0 Å². The number of rotatable bonds is 6. The molecule has 1 N–H and O–H groups in total. The highest BCUT2D eigenvalue weighted by molar-refractivity contribution is 7.89. The maximum Gasteiger partial charge on any atom is 0.242 e. The molecule has 1 aromatic carbocycles. The molecule has 29 heavy (non-hydrogen) atoms. The van der Waals surface area contributed by atoms with Gasteiger partial charge >= 0.3 is 0 Å². The molecule has 6 nitrogen and oxygen atoms in total. The Morgan fingerprint density at radius 3 is 2.66 bits per heavy atom. The van der Waals surface area contributed by atoms with E-state index in [0.717, 1.165) is 42.1 Å². The second-order valence-electron chi connectivity index (χ2n) is 8.41. The lowest BCUT2D eigenvalue weighted by atomic mass is 9.87. The van der Waals surface area contributed by atoms with E-state index in [1.165, 1.54) is 11.3 Å². The zero-order chi connectivity index (χ0) is 20.6. The molecule has 4 rings (SSSR count). The quantitative estimate of drug-likeness (QED) is 0.760. The predicted molar refractivity (Wildman–Crippen MR) is 116 cm³/mol. The number of hydrogen-bond acceptors (Lipinski definition) is 5. The average molecular weight is 434 g/mol. The van der Waals surface area contributed by atoms with E-state index in [4.69, 9.17) is 0 Å². The van der Waals surface area contributed by atoms with Gasteiger partial charge in [-0.05, 0) is 48.1 Å². The van der Waals surface area contributed by atoms with Crippen LogP contribution in [0, 0.1) is 0 Å². The predicted octanol–water partition coefficient (Wildman–Crippen LogP) is 2.95. The summed E-state index contributed by atoms with van der Waals surface area (Å²) < 4.78 is 28.3. The summed E-state index contributed by atoms with van der Waals surface area (Å²) in [6.07, 6.45) is 2.15. The van der Waals surface area contributed by atoms with Gasteiger partial charge in [0.05, 0.1) is 11.4 Å². The highest BCUT2D eigenvalue weighted by Gasteiger charge is 2.37. The summed E-state index contributed by atoms with van der Waals surface area (Å²) in [5, 5.41) is 1.93. The van der Waals surface area contributed by atoms with Crippen molar-refractivity contribution in [3.8, 4) is 0 Å². The van der Waals surface area contributed by atoms with Gasteiger partial charge in [-0.15, -0.1) is 11.3 Å². The molecule has 2 aromatic rings. The van der Waals surface area contributed by atoms with Crippen LogP contribution in [0.4, 0.5) is 5.69 Å². The van der Waals surface area contributed by atoms with Crippen molar-refractivity contribution < 1.29 is 13.2 Å². The lowest BCUT2D eigenvalue weighted by molar-refractivity contribution is -0.128. The molecule has 0 bridgehead atoms. The van der Waals surface area contributed by atoms with Gasteiger partial charge < -0.3 is 9.80 Å². The summed E-state index contributed by atoms with van der Waals surface area (Å²) in [6.45, 7) is 7.22. The Balaban J connectivity index is 1.54. The molecule has 1 amide bonds. The van der Waals surface area contributed by atoms with Crippen molar-refractivity contribution in [2.75, 3.05) is 31.1 Å². The zero-order valence-corrected chi connectivity index (χ0v) is 18.5. The summed E-state index contributed by atoms with van der Waals surface area (Å²) in [6, 6.07) is 9.08. The lowest BCUT2D eigenvalue weighted by Gasteiger charge is -2.24. The summed E-state index contributed by atoms with van der Waals surface area (Å²) in [5.74, 6) is 0.153. The second-order valence-corrected chi connectivity index (χ2v) is 11.2. The van der Waals surface area contributed by atoms with Crippen LogP contribution in [0.15, 0.2) is 40.6 Å². The molecule has 1 saturated heterocycles. The van der Waals surface area contributed by atoms with Gasteiger partial charge in [0.2, 0.25) is 15.9 Å². The minimum atomic E-state index is -3.60. The minimum absolute atomic E-state index is 0.153. The van der Waals surface area contributed by atoms with E-state index in [1.54, 1.807) is 12.1 Å². The van der Waals surface area contributed by atoms with E-state index in [0.29, 0.717) is 13.1 Å². The number of benzene rings is 1. The van der Waals surface area contributed by atoms with Crippen LogP contribution >= 0.6 is 11.3 Å². The first-order valence-corrected chi connectivity index (χ1v) is 12.3. The van der Waals surface area contributed by atoms with Gasteiger partial charge in [-0.25, -0.2) is 13.1 Å². The third-order valence-electron chi connectivity index (χ3n) is 5.74. The molecule has 2 aliphatic rings. The number of anilines is 1. The fourth-order valence-corrected chi connectivity index (χ4v) is 5.95. The first kappa shape index (κ1) is 20.4. The Hall–Kier alpha value is -1.90. The maximum atomic E-state index is 12.8. The number of nitrogens with zero attached hydrogens (tertiary/aromatic N) is 2. The Kier molecular flexibility index (Phi) is 5.44. The first-order chi connectivity index (χ1) is 13.8. The Labute approximate surface area is 176 Å². The van der Waals surface area contributed by atoms with Crippen molar-refractivity contribution in [1.82, 2.24) is 9.62 Å². The maximum absolute atomic E-state index is 12.8. The number of hydrogen-bond donors (Lipinski definition) is 1. The van der Waals surface area contributed by atoms with Crippen LogP contribution in [0.2, 0.25) is 0 Å². The van der Waals surface area contributed by atoms with Crippen LogP contribution in [0.3, 0.4) is 0 Å². The van der Waals surface area contributed by atoms with Crippen molar-refractivity contribution in [2.24, 2.45) is 0 Å². The molecule has 0 spiro atoms. The zero-order valence-electron chi connectivity index (χ0n) is 16.8. The van der Waals surface area contributed by atoms with Gasteiger partial charge in [0.15, 0.2) is 0 Å². The highest BCUT2D eigenvalue weighted by atomic mass is 32.2. The molecule has 1 aromatic heterocycles. The summed E-state index contributed by atoms with van der Waals surface area (Å²) in [7, 11) is -3.60. The van der Waals surface area contributed by atoms with E-state index in [-0.39, 0.29) is 22.8 Å². The van der Waals surface area contributed by atoms with Gasteiger partial charge in [0.1, 0.15) is 0 Å². The largest absolute Gasteiger partial charge is 0.361 e. The van der Waals surface area contributed by atoms with Crippen LogP contribution in [-0.2, 0) is 26.8 Å². The Bertz CT molecular complexity index is 994. The third-order valence-corrected chi connectivity index (χ3v) is 8.01. The highest BCUT2D eigenvalue weighted by Crippen LogP contribution is 2.41. The smallest absolute Gasteiger partial charge is 0.242 e. The molecule has 0 unspecified atom stereocenters. The van der Waals surface area contributed by atoms with Crippen molar-refractivity contribution >= 4 is 33.0 Å². The van der Waals surface area contributed by atoms with Crippen molar-refractivity contribution in [3.05, 3.63) is 46.2 Å². The molecule has 2 aliphatic heterocycles. The SMILES string of the molecule is CC1(C)CN(CC(=O)N2CCCC2)c2ccc(S(=O)(=O)NCc3cccs3)cc21. The number of likely N-dealkylation sites (tertiary alicyclic amines) is 1. The Morgan fingerprint density at radius 2 is 1.97 bits per heavy atom. The third kappa shape index (κ3) is 4.20. The van der Waals surface area contributed by atoms with Crippen LogP contribution in [-0.4, -0.2) is 45.4 Å². The minimum Gasteiger partial charge on any atom is -0.361 e. The first-order valence-electron chi connectivity index (χ1n) is 9.96. The molecule has 0 atom stereocenters. The van der Waals surface area contributed by atoms with Gasteiger partial charge in [-0.1, -0.05) is 19.9 Å². The van der Waals surface area contributed by atoms with E-state index in [2.05, 4.69) is 23.5 Å². The normalized spacial score (nSPS) is 18.3. The Morgan fingerprint density at radius 1 is 1.21 bits per heavy atom. The number of fused-ring (bicyclic) bond motifs is 1. The summed E-state index contributed by atoms with van der Waals surface area (Å²) >= 11 is 1.53. The average Bonchev–Trinajstić information content (AvgIpc) is 3.42. The second kappa shape index (κ2) is 7.74. The summed E-state index contributed by atoms with van der Waals surface area (Å²) in [4.78, 5) is 17.9. The lowest BCUT2D eigenvalue weighted by Crippen LogP contribution is -2.40. The molecular formula is C21H27N3O3S2. The van der Waals surface area contributed by atoms with Crippen LogP contribution in [0.25, 0.3) is 0 Å². The van der Waals surface area contributed by atoms with E-state index in [1.807, 2.05) is 28.5 Å². The number of amides is 1. The van der Waals surface area contributed by atoms with Crippen molar-refractivity contribution in [3.63, 3.8) is 0 Å². The molecule has 0 saturated carbocycles. The summed E-state index contributed by atoms with van der Waals surface area (Å²) in [5.41, 5.74) is 1.71. The molecule has 1 fully saturated rings. The van der Waals surface area contributed by atoms with E-state index < -0.39 is 10.0 Å². The van der Waals surface area contributed by atoms with E-state index in [9.17, 15) is 13.2 Å². The van der Waals surface area contributed by atoms with Gasteiger partial charge in [-0.2, -0.15) is 0 Å². The number of carbonyl (C=O) groups excluding carboxylic acids is 1.